The van der Waals surface area contributed by atoms with Crippen LogP contribution in [-0.2, 0) is 9.53 Å². The molecule has 5 rings (SSSR count). The second kappa shape index (κ2) is 8.31. The van der Waals surface area contributed by atoms with E-state index in [9.17, 15) is 4.79 Å². The summed E-state index contributed by atoms with van der Waals surface area (Å²) < 4.78 is 7.17. The molecule has 2 aromatic carbocycles. The average molecular weight is 416 g/mol. The first-order valence-corrected chi connectivity index (χ1v) is 10.5. The van der Waals surface area contributed by atoms with E-state index in [1.54, 1.807) is 4.68 Å². The monoisotopic (exact) mass is 416 g/mol. The summed E-state index contributed by atoms with van der Waals surface area (Å²) in [6.45, 7) is 4.59. The van der Waals surface area contributed by atoms with Crippen LogP contribution in [0.25, 0.3) is 5.70 Å². The van der Waals surface area contributed by atoms with E-state index in [-0.39, 0.29) is 18.5 Å². The number of fused-ring (bicyclic) bond motifs is 1. The van der Waals surface area contributed by atoms with Gasteiger partial charge in [0.2, 0.25) is 5.91 Å². The van der Waals surface area contributed by atoms with Gasteiger partial charge in [0.1, 0.15) is 12.6 Å². The lowest BCUT2D eigenvalue weighted by Crippen LogP contribution is -2.46. The SMILES string of the molecule is Cc1ccc([C@@H]2C=C(c3ccccc3)N(CC(=O)N3CCOCC3)c3nnnn32)cc1. The van der Waals surface area contributed by atoms with Crippen molar-refractivity contribution >= 4 is 17.6 Å². The molecule has 1 amide bonds. The summed E-state index contributed by atoms with van der Waals surface area (Å²) in [5.74, 6) is 0.599. The molecule has 158 valence electrons. The van der Waals surface area contributed by atoms with Crippen LogP contribution >= 0.6 is 0 Å². The van der Waals surface area contributed by atoms with Gasteiger partial charge in [0, 0.05) is 13.1 Å². The molecule has 0 bridgehead atoms. The highest BCUT2D eigenvalue weighted by Crippen LogP contribution is 2.36. The Bertz CT molecular complexity index is 1090. The second-order valence-electron chi connectivity index (χ2n) is 7.78. The topological polar surface area (TPSA) is 76.4 Å². The van der Waals surface area contributed by atoms with E-state index in [4.69, 9.17) is 4.74 Å². The third kappa shape index (κ3) is 3.82. The molecule has 1 aromatic heterocycles. The Labute approximate surface area is 180 Å². The van der Waals surface area contributed by atoms with Gasteiger partial charge in [-0.05, 0) is 34.6 Å². The van der Waals surface area contributed by atoms with Gasteiger partial charge in [-0.2, -0.15) is 4.68 Å². The summed E-state index contributed by atoms with van der Waals surface area (Å²) in [7, 11) is 0. The van der Waals surface area contributed by atoms with E-state index in [0.717, 1.165) is 16.8 Å². The molecule has 3 heterocycles. The Hall–Kier alpha value is -3.52. The number of amides is 1. The Balaban J connectivity index is 1.55. The van der Waals surface area contributed by atoms with E-state index in [0.29, 0.717) is 32.3 Å². The van der Waals surface area contributed by atoms with Gasteiger partial charge < -0.3 is 9.64 Å². The van der Waals surface area contributed by atoms with Gasteiger partial charge in [-0.1, -0.05) is 65.3 Å². The predicted molar refractivity (Wildman–Crippen MR) is 116 cm³/mol. The maximum absolute atomic E-state index is 13.1. The van der Waals surface area contributed by atoms with Crippen LogP contribution in [0.4, 0.5) is 5.95 Å². The summed E-state index contributed by atoms with van der Waals surface area (Å²) in [4.78, 5) is 16.8. The molecular formula is C23H24N6O2. The normalized spacial score (nSPS) is 18.5. The number of morpholine rings is 1. The third-order valence-corrected chi connectivity index (χ3v) is 5.73. The van der Waals surface area contributed by atoms with Crippen LogP contribution in [-0.4, -0.2) is 63.9 Å². The lowest BCUT2D eigenvalue weighted by atomic mass is 10.00. The molecule has 1 fully saturated rings. The maximum Gasteiger partial charge on any atom is 0.251 e. The number of aromatic nitrogens is 4. The van der Waals surface area contributed by atoms with Gasteiger partial charge in [-0.3, -0.25) is 9.69 Å². The van der Waals surface area contributed by atoms with E-state index < -0.39 is 0 Å². The summed E-state index contributed by atoms with van der Waals surface area (Å²) in [5, 5.41) is 12.5. The minimum Gasteiger partial charge on any atom is -0.378 e. The van der Waals surface area contributed by atoms with Crippen LogP contribution in [0.1, 0.15) is 22.7 Å². The summed E-state index contributed by atoms with van der Waals surface area (Å²) in [6.07, 6.45) is 2.13. The molecule has 0 unspecified atom stereocenters. The number of aryl methyl sites for hydroxylation is 1. The first-order chi connectivity index (χ1) is 15.2. The van der Waals surface area contributed by atoms with Crippen LogP contribution in [0, 0.1) is 6.92 Å². The quantitative estimate of drug-likeness (QED) is 0.650. The van der Waals surface area contributed by atoms with Gasteiger partial charge in [-0.15, -0.1) is 0 Å². The highest BCUT2D eigenvalue weighted by molar-refractivity contribution is 5.89. The van der Waals surface area contributed by atoms with Gasteiger partial charge >= 0.3 is 0 Å². The van der Waals surface area contributed by atoms with Crippen molar-refractivity contribution in [1.29, 1.82) is 0 Å². The number of carbonyl (C=O) groups is 1. The van der Waals surface area contributed by atoms with Crippen molar-refractivity contribution in [3.8, 4) is 0 Å². The van der Waals surface area contributed by atoms with Crippen molar-refractivity contribution in [2.45, 2.75) is 13.0 Å². The predicted octanol–water partition coefficient (Wildman–Crippen LogP) is 2.29. The molecular weight excluding hydrogens is 392 g/mol. The first kappa shape index (κ1) is 19.4. The van der Waals surface area contributed by atoms with Crippen molar-refractivity contribution in [3.05, 3.63) is 77.4 Å². The first-order valence-electron chi connectivity index (χ1n) is 10.5. The molecule has 0 saturated carbocycles. The average Bonchev–Trinajstić information content (AvgIpc) is 3.31. The van der Waals surface area contributed by atoms with E-state index in [2.05, 4.69) is 52.8 Å². The minimum absolute atomic E-state index is 0.0356. The summed E-state index contributed by atoms with van der Waals surface area (Å²) >= 11 is 0. The molecule has 0 aliphatic carbocycles. The highest BCUT2D eigenvalue weighted by Gasteiger charge is 2.33. The van der Waals surface area contributed by atoms with E-state index >= 15 is 0 Å². The Morgan fingerprint density at radius 3 is 2.55 bits per heavy atom. The van der Waals surface area contributed by atoms with Crippen molar-refractivity contribution in [2.75, 3.05) is 37.7 Å². The fourth-order valence-corrected chi connectivity index (χ4v) is 4.03. The molecule has 0 spiro atoms. The number of allylic oxidation sites excluding steroid dienone is 1. The number of hydrogen-bond donors (Lipinski definition) is 0. The fraction of sp³-hybridized carbons (Fsp3) is 0.304. The number of anilines is 1. The molecule has 8 nitrogen and oxygen atoms in total. The number of rotatable bonds is 4. The number of hydrogen-bond acceptors (Lipinski definition) is 6. The number of carbonyl (C=O) groups excluding carboxylic acids is 1. The van der Waals surface area contributed by atoms with Gasteiger partial charge in [0.05, 0.1) is 18.9 Å². The summed E-state index contributed by atoms with van der Waals surface area (Å²) in [5.41, 5.74) is 4.23. The molecule has 0 N–H and O–H groups in total. The van der Waals surface area contributed by atoms with Crippen molar-refractivity contribution in [1.82, 2.24) is 25.1 Å². The fourth-order valence-electron chi connectivity index (χ4n) is 4.03. The van der Waals surface area contributed by atoms with Crippen molar-refractivity contribution < 1.29 is 9.53 Å². The third-order valence-electron chi connectivity index (χ3n) is 5.73. The molecule has 3 aromatic rings. The maximum atomic E-state index is 13.1. The molecule has 0 radical (unpaired) electrons. The van der Waals surface area contributed by atoms with E-state index in [1.807, 2.05) is 40.1 Å². The molecule has 1 saturated heterocycles. The van der Waals surface area contributed by atoms with E-state index in [1.165, 1.54) is 5.56 Å². The number of benzene rings is 2. The lowest BCUT2D eigenvalue weighted by molar-refractivity contribution is -0.133. The zero-order valence-corrected chi connectivity index (χ0v) is 17.4. The highest BCUT2D eigenvalue weighted by atomic mass is 16.5. The van der Waals surface area contributed by atoms with Crippen LogP contribution in [0.2, 0.25) is 0 Å². The van der Waals surface area contributed by atoms with Crippen molar-refractivity contribution in [3.63, 3.8) is 0 Å². The number of tetrazole rings is 1. The van der Waals surface area contributed by atoms with Gasteiger partial charge in [-0.25, -0.2) is 0 Å². The van der Waals surface area contributed by atoms with Crippen LogP contribution < -0.4 is 4.90 Å². The van der Waals surface area contributed by atoms with Gasteiger partial charge in [0.15, 0.2) is 0 Å². The molecule has 1 atom stereocenters. The summed E-state index contributed by atoms with van der Waals surface area (Å²) in [6, 6.07) is 18.3. The van der Waals surface area contributed by atoms with Crippen molar-refractivity contribution in [2.24, 2.45) is 0 Å². The Morgan fingerprint density at radius 1 is 1.06 bits per heavy atom. The van der Waals surface area contributed by atoms with Crippen LogP contribution in [0.3, 0.4) is 0 Å². The molecule has 2 aliphatic rings. The molecule has 8 heteroatoms. The lowest BCUT2D eigenvalue weighted by Gasteiger charge is -2.34. The molecule has 31 heavy (non-hydrogen) atoms. The smallest absolute Gasteiger partial charge is 0.251 e. The number of ether oxygens (including phenoxy) is 1. The second-order valence-corrected chi connectivity index (χ2v) is 7.78. The van der Waals surface area contributed by atoms with Gasteiger partial charge in [0.25, 0.3) is 5.95 Å². The Morgan fingerprint density at radius 2 is 1.81 bits per heavy atom. The largest absolute Gasteiger partial charge is 0.378 e. The molecule has 2 aliphatic heterocycles. The zero-order chi connectivity index (χ0) is 21.2. The zero-order valence-electron chi connectivity index (χ0n) is 17.4. The number of nitrogens with zero attached hydrogens (tertiary/aromatic N) is 6. The van der Waals surface area contributed by atoms with Crippen LogP contribution in [0.15, 0.2) is 60.7 Å². The minimum atomic E-state index is -0.157. The Kier molecular flexibility index (Phi) is 5.21. The standard InChI is InChI=1S/C23H24N6O2/c1-17-7-9-19(10-8-17)21-15-20(18-5-3-2-4-6-18)28(23-24-25-26-29(21)23)16-22(30)27-11-13-31-14-12-27/h2-10,15,21H,11-14,16H2,1H3/t21-/m0/s1. The van der Waals surface area contributed by atoms with Crippen LogP contribution in [0.5, 0.6) is 0 Å².